The largest absolute Gasteiger partial charge is 0.497 e. The average Bonchev–Trinajstić information content (AvgIpc) is 2.60. The first kappa shape index (κ1) is 14.8. The summed E-state index contributed by atoms with van der Waals surface area (Å²) in [6.45, 7) is 0.657. The summed E-state index contributed by atoms with van der Waals surface area (Å²) in [6.07, 6.45) is 0. The van der Waals surface area contributed by atoms with Gasteiger partial charge in [0.1, 0.15) is 18.1 Å². The van der Waals surface area contributed by atoms with Crippen LogP contribution in [-0.2, 0) is 0 Å². The van der Waals surface area contributed by atoms with Gasteiger partial charge in [-0.3, -0.25) is 14.9 Å². The summed E-state index contributed by atoms with van der Waals surface area (Å²) in [6, 6.07) is 11.0. The lowest BCUT2D eigenvalue weighted by molar-refractivity contribution is -0.384. The van der Waals surface area contributed by atoms with Crippen LogP contribution in [0.25, 0.3) is 0 Å². The van der Waals surface area contributed by atoms with E-state index in [1.54, 1.807) is 24.3 Å². The van der Waals surface area contributed by atoms with Crippen molar-refractivity contribution in [2.45, 2.75) is 0 Å². The van der Waals surface area contributed by atoms with Gasteiger partial charge in [0.15, 0.2) is 0 Å². The SMILES string of the molecule is COc1cccc(C(=O)N2CCOc3ccc([N+](=O)[O-])cc32)c1. The molecule has 1 aliphatic rings. The molecule has 2 aromatic rings. The number of fused-ring (bicyclic) bond motifs is 1. The van der Waals surface area contributed by atoms with Gasteiger partial charge in [0.05, 0.1) is 24.3 Å². The van der Waals surface area contributed by atoms with Crippen LogP contribution in [0.15, 0.2) is 42.5 Å². The fourth-order valence-corrected chi connectivity index (χ4v) is 2.44. The van der Waals surface area contributed by atoms with Gasteiger partial charge >= 0.3 is 0 Å². The number of rotatable bonds is 3. The Kier molecular flexibility index (Phi) is 3.84. The summed E-state index contributed by atoms with van der Waals surface area (Å²) in [5.41, 5.74) is 0.764. The molecule has 7 nitrogen and oxygen atoms in total. The Morgan fingerprint density at radius 3 is 2.87 bits per heavy atom. The maximum atomic E-state index is 12.8. The van der Waals surface area contributed by atoms with Crippen molar-refractivity contribution < 1.29 is 19.2 Å². The quantitative estimate of drug-likeness (QED) is 0.642. The van der Waals surface area contributed by atoms with Crippen molar-refractivity contribution in [1.29, 1.82) is 0 Å². The predicted molar refractivity (Wildman–Crippen MR) is 83.3 cm³/mol. The number of hydrogen-bond donors (Lipinski definition) is 0. The van der Waals surface area contributed by atoms with Gasteiger partial charge in [0, 0.05) is 17.7 Å². The number of amides is 1. The van der Waals surface area contributed by atoms with E-state index in [-0.39, 0.29) is 11.6 Å². The average molecular weight is 314 g/mol. The minimum absolute atomic E-state index is 0.0855. The Morgan fingerprint density at radius 1 is 1.30 bits per heavy atom. The highest BCUT2D eigenvalue weighted by Crippen LogP contribution is 2.35. The van der Waals surface area contributed by atoms with Gasteiger partial charge < -0.3 is 14.4 Å². The maximum Gasteiger partial charge on any atom is 0.271 e. The van der Waals surface area contributed by atoms with Gasteiger partial charge in [-0.05, 0) is 24.3 Å². The predicted octanol–water partition coefficient (Wildman–Crippen LogP) is 2.64. The zero-order chi connectivity index (χ0) is 16.4. The van der Waals surface area contributed by atoms with E-state index in [1.807, 2.05) is 0 Å². The van der Waals surface area contributed by atoms with Crippen molar-refractivity contribution in [3.05, 3.63) is 58.1 Å². The van der Waals surface area contributed by atoms with Gasteiger partial charge in [-0.25, -0.2) is 0 Å². The second-order valence-electron chi connectivity index (χ2n) is 4.95. The molecule has 0 saturated heterocycles. The molecule has 0 N–H and O–H groups in total. The number of nitrogens with zero attached hydrogens (tertiary/aromatic N) is 2. The van der Waals surface area contributed by atoms with E-state index in [0.717, 1.165) is 0 Å². The van der Waals surface area contributed by atoms with Crippen LogP contribution >= 0.6 is 0 Å². The number of carbonyl (C=O) groups is 1. The molecule has 118 valence electrons. The molecule has 0 radical (unpaired) electrons. The van der Waals surface area contributed by atoms with Crippen LogP contribution in [0.1, 0.15) is 10.4 Å². The van der Waals surface area contributed by atoms with Crippen LogP contribution in [0.2, 0.25) is 0 Å². The highest BCUT2D eigenvalue weighted by Gasteiger charge is 2.27. The summed E-state index contributed by atoms with van der Waals surface area (Å²) in [4.78, 5) is 24.7. The summed E-state index contributed by atoms with van der Waals surface area (Å²) in [7, 11) is 1.52. The molecule has 0 saturated carbocycles. The first-order chi connectivity index (χ1) is 11.1. The third-order valence-corrected chi connectivity index (χ3v) is 3.58. The van der Waals surface area contributed by atoms with Crippen molar-refractivity contribution >= 4 is 17.3 Å². The number of anilines is 1. The van der Waals surface area contributed by atoms with E-state index in [1.165, 1.54) is 30.2 Å². The molecular formula is C16H14N2O5. The summed E-state index contributed by atoms with van der Waals surface area (Å²) in [5.74, 6) is 0.774. The Hall–Kier alpha value is -3.09. The summed E-state index contributed by atoms with van der Waals surface area (Å²) >= 11 is 0. The Labute approximate surface area is 132 Å². The van der Waals surface area contributed by atoms with Crippen LogP contribution in [0.4, 0.5) is 11.4 Å². The molecule has 0 atom stereocenters. The van der Waals surface area contributed by atoms with E-state index in [9.17, 15) is 14.9 Å². The molecule has 0 unspecified atom stereocenters. The van der Waals surface area contributed by atoms with Crippen LogP contribution in [0.5, 0.6) is 11.5 Å². The first-order valence-electron chi connectivity index (χ1n) is 6.97. The van der Waals surface area contributed by atoms with Crippen LogP contribution in [0.3, 0.4) is 0 Å². The molecule has 0 bridgehead atoms. The molecule has 0 spiro atoms. The number of nitro groups is 1. The van der Waals surface area contributed by atoms with Gasteiger partial charge in [-0.2, -0.15) is 0 Å². The van der Waals surface area contributed by atoms with E-state index in [2.05, 4.69) is 0 Å². The smallest absolute Gasteiger partial charge is 0.271 e. The Morgan fingerprint density at radius 2 is 2.13 bits per heavy atom. The van der Waals surface area contributed by atoms with Crippen molar-refractivity contribution in [2.75, 3.05) is 25.2 Å². The summed E-state index contributed by atoms with van der Waals surface area (Å²) in [5, 5.41) is 11.0. The van der Waals surface area contributed by atoms with Crippen LogP contribution in [-0.4, -0.2) is 31.1 Å². The molecule has 1 amide bonds. The summed E-state index contributed by atoms with van der Waals surface area (Å²) < 4.78 is 10.6. The van der Waals surface area contributed by atoms with Crippen molar-refractivity contribution in [3.63, 3.8) is 0 Å². The van der Waals surface area contributed by atoms with Gasteiger partial charge in [-0.1, -0.05) is 6.07 Å². The van der Waals surface area contributed by atoms with Crippen molar-refractivity contribution in [2.24, 2.45) is 0 Å². The number of nitro benzene ring substituents is 1. The zero-order valence-electron chi connectivity index (χ0n) is 12.4. The number of methoxy groups -OCH3 is 1. The number of hydrogen-bond acceptors (Lipinski definition) is 5. The fraction of sp³-hybridized carbons (Fsp3) is 0.188. The lowest BCUT2D eigenvalue weighted by Crippen LogP contribution is -2.38. The number of ether oxygens (including phenoxy) is 2. The van der Waals surface area contributed by atoms with E-state index >= 15 is 0 Å². The molecule has 0 aromatic heterocycles. The molecule has 0 aliphatic carbocycles. The molecule has 7 heteroatoms. The third kappa shape index (κ3) is 2.80. The molecule has 3 rings (SSSR count). The third-order valence-electron chi connectivity index (χ3n) is 3.58. The first-order valence-corrected chi connectivity index (χ1v) is 6.97. The van der Waals surface area contributed by atoms with E-state index < -0.39 is 4.92 Å². The molecule has 1 heterocycles. The highest BCUT2D eigenvalue weighted by atomic mass is 16.6. The number of benzene rings is 2. The molecule has 1 aliphatic heterocycles. The Bertz CT molecular complexity index is 775. The molecule has 23 heavy (non-hydrogen) atoms. The van der Waals surface area contributed by atoms with Crippen molar-refractivity contribution in [1.82, 2.24) is 0 Å². The standard InChI is InChI=1S/C16H14N2O5/c1-22-13-4-2-3-11(9-13)16(19)17-7-8-23-15-6-5-12(18(20)21)10-14(15)17/h2-6,9-10H,7-8H2,1H3. The minimum atomic E-state index is -0.497. The lowest BCUT2D eigenvalue weighted by atomic mass is 10.1. The van der Waals surface area contributed by atoms with E-state index in [0.29, 0.717) is 35.9 Å². The van der Waals surface area contributed by atoms with Crippen LogP contribution < -0.4 is 14.4 Å². The maximum absolute atomic E-state index is 12.8. The van der Waals surface area contributed by atoms with Gasteiger partial charge in [0.25, 0.3) is 11.6 Å². The fourth-order valence-electron chi connectivity index (χ4n) is 2.44. The normalized spacial score (nSPS) is 13.0. The zero-order valence-corrected chi connectivity index (χ0v) is 12.4. The highest BCUT2D eigenvalue weighted by molar-refractivity contribution is 6.07. The molecular weight excluding hydrogens is 300 g/mol. The van der Waals surface area contributed by atoms with E-state index in [4.69, 9.17) is 9.47 Å². The minimum Gasteiger partial charge on any atom is -0.497 e. The molecule has 2 aromatic carbocycles. The van der Waals surface area contributed by atoms with Gasteiger partial charge in [-0.15, -0.1) is 0 Å². The lowest BCUT2D eigenvalue weighted by Gasteiger charge is -2.29. The molecule has 0 fully saturated rings. The van der Waals surface area contributed by atoms with Crippen molar-refractivity contribution in [3.8, 4) is 11.5 Å². The Balaban J connectivity index is 2.00. The number of non-ortho nitro benzene ring substituents is 1. The topological polar surface area (TPSA) is 81.9 Å². The second-order valence-corrected chi connectivity index (χ2v) is 4.95. The second kappa shape index (κ2) is 5.96. The number of carbonyl (C=O) groups excluding carboxylic acids is 1. The van der Waals surface area contributed by atoms with Crippen LogP contribution in [0, 0.1) is 10.1 Å². The monoisotopic (exact) mass is 314 g/mol. The van der Waals surface area contributed by atoms with Gasteiger partial charge in [0.2, 0.25) is 0 Å².